The Kier molecular flexibility index (Phi) is 5.86. The zero-order valence-electron chi connectivity index (χ0n) is 19.1. The van der Waals surface area contributed by atoms with Gasteiger partial charge in [-0.3, -0.25) is 14.5 Å². The molecule has 2 aliphatic heterocycles. The first-order chi connectivity index (χ1) is 16.0. The Labute approximate surface area is 192 Å². The quantitative estimate of drug-likeness (QED) is 0.636. The second kappa shape index (κ2) is 8.96. The van der Waals surface area contributed by atoms with Gasteiger partial charge in [-0.25, -0.2) is 4.98 Å². The van der Waals surface area contributed by atoms with Crippen LogP contribution in [0.25, 0.3) is 10.9 Å². The second-order valence-corrected chi connectivity index (χ2v) is 8.74. The Hall–Kier alpha value is -3.23. The van der Waals surface area contributed by atoms with Crippen molar-refractivity contribution in [3.8, 4) is 0 Å². The molecule has 8 heteroatoms. The molecule has 0 saturated carbocycles. The fourth-order valence-corrected chi connectivity index (χ4v) is 4.89. The number of hydrogen-bond acceptors (Lipinski definition) is 6. The molecule has 3 aromatic rings. The number of nitrogens with zero attached hydrogens (tertiary/aromatic N) is 3. The first kappa shape index (κ1) is 21.6. The van der Waals surface area contributed by atoms with Gasteiger partial charge in [0.2, 0.25) is 0 Å². The monoisotopic (exact) mass is 447 g/mol. The molecule has 2 aliphatic rings. The van der Waals surface area contributed by atoms with Crippen LogP contribution in [-0.2, 0) is 24.3 Å². The summed E-state index contributed by atoms with van der Waals surface area (Å²) in [5, 5.41) is 3.75. The lowest BCUT2D eigenvalue weighted by Crippen LogP contribution is -2.46. The smallest absolute Gasteiger partial charge is 0.269 e. The summed E-state index contributed by atoms with van der Waals surface area (Å²) in [6, 6.07) is 10.2. The topological polar surface area (TPSA) is 90.6 Å². The fourth-order valence-electron chi connectivity index (χ4n) is 4.89. The minimum Gasteiger partial charge on any atom is -0.376 e. The number of carbonyl (C=O) groups excluding carboxylic acids is 1. The van der Waals surface area contributed by atoms with Gasteiger partial charge in [0.05, 0.1) is 24.6 Å². The number of fused-ring (bicyclic) bond motifs is 3. The molecule has 172 valence electrons. The summed E-state index contributed by atoms with van der Waals surface area (Å²) in [5.74, 6) is -0.167. The van der Waals surface area contributed by atoms with Crippen molar-refractivity contribution in [3.05, 3.63) is 68.8 Å². The van der Waals surface area contributed by atoms with Crippen LogP contribution in [0.1, 0.15) is 32.9 Å². The summed E-state index contributed by atoms with van der Waals surface area (Å²) in [6.45, 7) is 7.55. The Balaban J connectivity index is 1.27. The van der Waals surface area contributed by atoms with Crippen molar-refractivity contribution >= 4 is 22.5 Å². The molecule has 2 N–H and O–H groups in total. The second-order valence-electron chi connectivity index (χ2n) is 8.74. The van der Waals surface area contributed by atoms with Crippen LogP contribution in [0.5, 0.6) is 0 Å². The number of H-pyrrole nitrogens is 1. The number of aromatic amines is 1. The van der Waals surface area contributed by atoms with Crippen LogP contribution in [-0.4, -0.2) is 60.6 Å². The van der Waals surface area contributed by atoms with Crippen molar-refractivity contribution < 1.29 is 9.53 Å². The predicted molar refractivity (Wildman–Crippen MR) is 128 cm³/mol. The summed E-state index contributed by atoms with van der Waals surface area (Å²) in [7, 11) is 1.61. The standard InChI is InChI=1S/C25H29N5O3/c1-16-23(6-5-21(27-16)25(32)26-2)30-10-8-29(9-11-30)14-17-3-4-19-18-7-12-33-15-20(18)24(31)28-22(19)13-17/h3-6,13H,7-12,14-15H2,1-2H3,(H,26,32)(H,28,31). The molecule has 0 bridgehead atoms. The Bertz CT molecular complexity index is 1260. The molecule has 0 aliphatic carbocycles. The third-order valence-electron chi connectivity index (χ3n) is 6.68. The Morgan fingerprint density at radius 1 is 1.15 bits per heavy atom. The molecule has 0 unspecified atom stereocenters. The molecule has 4 heterocycles. The van der Waals surface area contributed by atoms with Crippen molar-refractivity contribution in [2.45, 2.75) is 26.5 Å². The molecule has 1 saturated heterocycles. The number of rotatable bonds is 4. The van der Waals surface area contributed by atoms with Gasteiger partial charge >= 0.3 is 0 Å². The molecule has 1 aromatic carbocycles. The SMILES string of the molecule is CNC(=O)c1ccc(N2CCN(Cc3ccc4c5c(c(=O)[nH]c4c3)COCC5)CC2)c(C)n1. The highest BCUT2D eigenvalue weighted by atomic mass is 16.5. The van der Waals surface area contributed by atoms with E-state index < -0.39 is 0 Å². The van der Waals surface area contributed by atoms with E-state index in [1.165, 1.54) is 5.56 Å². The minimum absolute atomic E-state index is 0.0330. The highest BCUT2D eigenvalue weighted by Crippen LogP contribution is 2.25. The molecule has 2 aromatic heterocycles. The molecule has 1 fully saturated rings. The number of ether oxygens (including phenoxy) is 1. The Morgan fingerprint density at radius 2 is 1.97 bits per heavy atom. The maximum atomic E-state index is 12.5. The average molecular weight is 448 g/mol. The molecular weight excluding hydrogens is 418 g/mol. The zero-order valence-corrected chi connectivity index (χ0v) is 19.1. The number of benzene rings is 1. The van der Waals surface area contributed by atoms with Crippen molar-refractivity contribution in [3.63, 3.8) is 0 Å². The van der Waals surface area contributed by atoms with Crippen molar-refractivity contribution in [2.24, 2.45) is 0 Å². The predicted octanol–water partition coefficient (Wildman–Crippen LogP) is 1.99. The van der Waals surface area contributed by atoms with Gasteiger partial charge < -0.3 is 19.9 Å². The van der Waals surface area contributed by atoms with Crippen LogP contribution in [0.15, 0.2) is 35.1 Å². The maximum absolute atomic E-state index is 12.5. The molecule has 0 spiro atoms. The molecule has 1 amide bonds. The first-order valence-electron chi connectivity index (χ1n) is 11.4. The van der Waals surface area contributed by atoms with Crippen LogP contribution in [0, 0.1) is 6.92 Å². The summed E-state index contributed by atoms with van der Waals surface area (Å²) >= 11 is 0. The normalized spacial score (nSPS) is 16.6. The van der Waals surface area contributed by atoms with Crippen LogP contribution in [0.2, 0.25) is 0 Å². The van der Waals surface area contributed by atoms with E-state index in [1.807, 2.05) is 13.0 Å². The summed E-state index contributed by atoms with van der Waals surface area (Å²) in [5.41, 5.74) is 6.38. The Morgan fingerprint density at radius 3 is 2.73 bits per heavy atom. The average Bonchev–Trinajstić information content (AvgIpc) is 2.84. The van der Waals surface area contributed by atoms with Crippen molar-refractivity contribution in [2.75, 3.05) is 44.7 Å². The lowest BCUT2D eigenvalue weighted by molar-refractivity contribution is 0.0958. The maximum Gasteiger partial charge on any atom is 0.269 e. The van der Waals surface area contributed by atoms with Gasteiger partial charge in [0.1, 0.15) is 5.69 Å². The molecule has 0 atom stereocenters. The van der Waals surface area contributed by atoms with E-state index in [4.69, 9.17) is 4.74 Å². The molecule has 0 radical (unpaired) electrons. The number of piperazine rings is 1. The van der Waals surface area contributed by atoms with E-state index >= 15 is 0 Å². The molecule has 5 rings (SSSR count). The summed E-state index contributed by atoms with van der Waals surface area (Å²) < 4.78 is 5.47. The number of amides is 1. The highest BCUT2D eigenvalue weighted by Gasteiger charge is 2.21. The van der Waals surface area contributed by atoms with Gasteiger partial charge in [-0.15, -0.1) is 0 Å². The summed E-state index contributed by atoms with van der Waals surface area (Å²) in [6.07, 6.45) is 0.787. The number of nitrogens with one attached hydrogen (secondary N) is 2. The van der Waals surface area contributed by atoms with Gasteiger partial charge in [0.25, 0.3) is 11.5 Å². The van der Waals surface area contributed by atoms with E-state index in [0.29, 0.717) is 18.9 Å². The van der Waals surface area contributed by atoms with Gasteiger partial charge in [0, 0.05) is 56.2 Å². The van der Waals surface area contributed by atoms with Crippen LogP contribution in [0.3, 0.4) is 0 Å². The summed E-state index contributed by atoms with van der Waals surface area (Å²) in [4.78, 5) is 36.6. The van der Waals surface area contributed by atoms with Crippen LogP contribution < -0.4 is 15.8 Å². The zero-order chi connectivity index (χ0) is 22.9. The molecule has 8 nitrogen and oxygen atoms in total. The number of aromatic nitrogens is 2. The lowest BCUT2D eigenvalue weighted by atomic mass is 9.98. The largest absolute Gasteiger partial charge is 0.376 e. The number of hydrogen-bond donors (Lipinski definition) is 2. The number of anilines is 1. The van der Waals surface area contributed by atoms with Gasteiger partial charge in [-0.1, -0.05) is 12.1 Å². The van der Waals surface area contributed by atoms with E-state index in [9.17, 15) is 9.59 Å². The lowest BCUT2D eigenvalue weighted by Gasteiger charge is -2.36. The molecular formula is C25H29N5O3. The minimum atomic E-state index is -0.167. The van der Waals surface area contributed by atoms with Crippen molar-refractivity contribution in [1.82, 2.24) is 20.2 Å². The van der Waals surface area contributed by atoms with E-state index in [1.54, 1.807) is 13.1 Å². The molecule has 33 heavy (non-hydrogen) atoms. The number of pyridine rings is 2. The van der Waals surface area contributed by atoms with Gasteiger partial charge in [0.15, 0.2) is 0 Å². The number of carbonyl (C=O) groups is 1. The van der Waals surface area contributed by atoms with Crippen LogP contribution in [0.4, 0.5) is 5.69 Å². The first-order valence-corrected chi connectivity index (χ1v) is 11.4. The van der Waals surface area contributed by atoms with Crippen molar-refractivity contribution in [1.29, 1.82) is 0 Å². The number of aryl methyl sites for hydroxylation is 1. The fraction of sp³-hybridized carbons (Fsp3) is 0.400. The van der Waals surface area contributed by atoms with E-state index in [0.717, 1.165) is 72.6 Å². The van der Waals surface area contributed by atoms with E-state index in [2.05, 4.69) is 43.3 Å². The third-order valence-corrected chi connectivity index (χ3v) is 6.68. The third kappa shape index (κ3) is 4.24. The van der Waals surface area contributed by atoms with E-state index in [-0.39, 0.29) is 11.5 Å². The van der Waals surface area contributed by atoms with Gasteiger partial charge in [-0.05, 0) is 42.7 Å². The van der Waals surface area contributed by atoms with Crippen LogP contribution >= 0.6 is 0 Å². The van der Waals surface area contributed by atoms with Gasteiger partial charge in [-0.2, -0.15) is 0 Å². The highest BCUT2D eigenvalue weighted by molar-refractivity contribution is 5.92.